The molecule has 2 N–H and O–H groups in total. The van der Waals surface area contributed by atoms with Crippen LogP contribution in [0.15, 0.2) is 24.3 Å². The fourth-order valence-electron chi connectivity index (χ4n) is 3.21. The van der Waals surface area contributed by atoms with Gasteiger partial charge in [0.05, 0.1) is 6.61 Å². The van der Waals surface area contributed by atoms with Crippen LogP contribution in [0.3, 0.4) is 0 Å². The van der Waals surface area contributed by atoms with Crippen LogP contribution in [0.1, 0.15) is 31.2 Å². The summed E-state index contributed by atoms with van der Waals surface area (Å²) in [6.07, 6.45) is 3.84. The van der Waals surface area contributed by atoms with E-state index < -0.39 is 0 Å². The summed E-state index contributed by atoms with van der Waals surface area (Å²) in [5.74, 6) is 0.215. The van der Waals surface area contributed by atoms with E-state index in [9.17, 15) is 9.59 Å². The summed E-state index contributed by atoms with van der Waals surface area (Å²) in [4.78, 5) is 24.3. The highest BCUT2D eigenvalue weighted by Crippen LogP contribution is 2.29. The number of rotatable bonds is 8. The van der Waals surface area contributed by atoms with E-state index in [2.05, 4.69) is 10.6 Å². The highest BCUT2D eigenvalue weighted by molar-refractivity contribution is 6.30. The molecular weight excluding hydrogens is 340 g/mol. The molecule has 1 aromatic carbocycles. The molecule has 1 saturated carbocycles. The topological polar surface area (TPSA) is 67.4 Å². The zero-order valence-electron chi connectivity index (χ0n) is 14.7. The standard InChI is InChI=1S/C19H27ClN2O3/c1-25-12-11-22-19(24)16-7-5-15(6-8-16)18(23)21-10-9-14-3-2-4-17(20)13-14/h2-4,13,15-16H,5-12H2,1H3,(H,21,23)(H,22,24). The lowest BCUT2D eigenvalue weighted by Gasteiger charge is -2.27. The fourth-order valence-corrected chi connectivity index (χ4v) is 3.42. The number of carbonyl (C=O) groups is 2. The number of halogens is 1. The van der Waals surface area contributed by atoms with Gasteiger partial charge < -0.3 is 15.4 Å². The Hall–Kier alpha value is -1.59. The van der Waals surface area contributed by atoms with Crippen LogP contribution in [0.2, 0.25) is 5.02 Å². The first-order chi connectivity index (χ1) is 12.1. The Morgan fingerprint density at radius 1 is 1.08 bits per heavy atom. The summed E-state index contributed by atoms with van der Waals surface area (Å²) in [6.45, 7) is 1.67. The van der Waals surface area contributed by atoms with Crippen LogP contribution in [-0.4, -0.2) is 38.6 Å². The minimum atomic E-state index is 0.0161. The van der Waals surface area contributed by atoms with E-state index in [1.165, 1.54) is 0 Å². The summed E-state index contributed by atoms with van der Waals surface area (Å²) in [5.41, 5.74) is 1.12. The molecular formula is C19H27ClN2O3. The van der Waals surface area contributed by atoms with E-state index in [1.54, 1.807) is 7.11 Å². The van der Waals surface area contributed by atoms with E-state index in [0.29, 0.717) is 24.7 Å². The van der Waals surface area contributed by atoms with Crippen molar-refractivity contribution in [1.82, 2.24) is 10.6 Å². The molecule has 0 heterocycles. The minimum Gasteiger partial charge on any atom is -0.383 e. The molecule has 138 valence electrons. The number of carbonyl (C=O) groups excluding carboxylic acids is 2. The van der Waals surface area contributed by atoms with Crippen LogP contribution in [-0.2, 0) is 20.7 Å². The fraction of sp³-hybridized carbons (Fsp3) is 0.579. The third-order valence-electron chi connectivity index (χ3n) is 4.68. The molecule has 0 atom stereocenters. The van der Waals surface area contributed by atoms with Crippen molar-refractivity contribution in [3.8, 4) is 0 Å². The van der Waals surface area contributed by atoms with Gasteiger partial charge in [0, 0.05) is 37.1 Å². The second kappa shape index (κ2) is 10.4. The van der Waals surface area contributed by atoms with Gasteiger partial charge in [0.2, 0.25) is 11.8 Å². The van der Waals surface area contributed by atoms with Gasteiger partial charge in [-0.25, -0.2) is 0 Å². The lowest BCUT2D eigenvalue weighted by Crippen LogP contribution is -2.38. The van der Waals surface area contributed by atoms with Crippen molar-refractivity contribution in [3.63, 3.8) is 0 Å². The lowest BCUT2D eigenvalue weighted by molar-refractivity contribution is -0.130. The van der Waals surface area contributed by atoms with Crippen molar-refractivity contribution in [2.24, 2.45) is 11.8 Å². The molecule has 0 saturated heterocycles. The van der Waals surface area contributed by atoms with Crippen LogP contribution in [0.25, 0.3) is 0 Å². The van der Waals surface area contributed by atoms with Gasteiger partial charge in [-0.3, -0.25) is 9.59 Å². The number of methoxy groups -OCH3 is 1. The maximum atomic E-state index is 12.3. The van der Waals surface area contributed by atoms with E-state index >= 15 is 0 Å². The smallest absolute Gasteiger partial charge is 0.223 e. The van der Waals surface area contributed by atoms with Crippen molar-refractivity contribution in [2.45, 2.75) is 32.1 Å². The van der Waals surface area contributed by atoms with Gasteiger partial charge in [0.1, 0.15) is 0 Å². The summed E-state index contributed by atoms with van der Waals surface area (Å²) >= 11 is 5.96. The number of ether oxygens (including phenoxy) is 1. The molecule has 5 nitrogen and oxygen atoms in total. The molecule has 0 aliphatic heterocycles. The SMILES string of the molecule is COCCNC(=O)C1CCC(C(=O)NCCc2cccc(Cl)c2)CC1. The van der Waals surface area contributed by atoms with Crippen LogP contribution in [0.5, 0.6) is 0 Å². The molecule has 1 aromatic rings. The number of hydrogen-bond donors (Lipinski definition) is 2. The number of benzene rings is 1. The Morgan fingerprint density at radius 2 is 1.68 bits per heavy atom. The first-order valence-corrected chi connectivity index (χ1v) is 9.26. The molecule has 1 aliphatic rings. The van der Waals surface area contributed by atoms with Gasteiger partial charge in [-0.05, 0) is 49.8 Å². The van der Waals surface area contributed by atoms with Gasteiger partial charge in [0.15, 0.2) is 0 Å². The van der Waals surface area contributed by atoms with Crippen LogP contribution in [0.4, 0.5) is 0 Å². The second-order valence-corrected chi connectivity index (χ2v) is 6.94. The molecule has 2 rings (SSSR count). The number of hydrogen-bond acceptors (Lipinski definition) is 3. The van der Waals surface area contributed by atoms with E-state index in [0.717, 1.165) is 37.7 Å². The molecule has 1 fully saturated rings. The summed E-state index contributed by atoms with van der Waals surface area (Å²) in [5, 5.41) is 6.60. The molecule has 0 spiro atoms. The summed E-state index contributed by atoms with van der Waals surface area (Å²) in [6, 6.07) is 7.68. The first kappa shape index (κ1) is 19.7. The third kappa shape index (κ3) is 6.67. The molecule has 25 heavy (non-hydrogen) atoms. The van der Waals surface area contributed by atoms with Crippen molar-refractivity contribution in [2.75, 3.05) is 26.8 Å². The molecule has 1 aliphatic carbocycles. The molecule has 0 bridgehead atoms. The Kier molecular flexibility index (Phi) is 8.22. The Balaban J connectivity index is 1.66. The summed E-state index contributed by atoms with van der Waals surface area (Å²) in [7, 11) is 1.61. The average Bonchev–Trinajstić information content (AvgIpc) is 2.62. The van der Waals surface area contributed by atoms with Crippen molar-refractivity contribution in [3.05, 3.63) is 34.9 Å². The molecule has 0 aromatic heterocycles. The monoisotopic (exact) mass is 366 g/mol. The van der Waals surface area contributed by atoms with Gasteiger partial charge in [-0.15, -0.1) is 0 Å². The Bertz CT molecular complexity index is 572. The lowest BCUT2D eigenvalue weighted by atomic mass is 9.81. The predicted octanol–water partition coefficient (Wildman–Crippen LogP) is 2.57. The third-order valence-corrected chi connectivity index (χ3v) is 4.91. The molecule has 0 radical (unpaired) electrons. The average molecular weight is 367 g/mol. The molecule has 0 unspecified atom stereocenters. The van der Waals surface area contributed by atoms with Crippen LogP contribution >= 0.6 is 11.6 Å². The minimum absolute atomic E-state index is 0.0161. The van der Waals surface area contributed by atoms with Gasteiger partial charge >= 0.3 is 0 Å². The van der Waals surface area contributed by atoms with Gasteiger partial charge in [-0.1, -0.05) is 23.7 Å². The van der Waals surface area contributed by atoms with Crippen molar-refractivity contribution < 1.29 is 14.3 Å². The second-order valence-electron chi connectivity index (χ2n) is 6.50. The zero-order chi connectivity index (χ0) is 18.1. The maximum Gasteiger partial charge on any atom is 0.223 e. The van der Waals surface area contributed by atoms with Gasteiger partial charge in [-0.2, -0.15) is 0 Å². The Morgan fingerprint density at radius 3 is 2.24 bits per heavy atom. The maximum absolute atomic E-state index is 12.3. The highest BCUT2D eigenvalue weighted by atomic mass is 35.5. The van der Waals surface area contributed by atoms with E-state index in [4.69, 9.17) is 16.3 Å². The quantitative estimate of drug-likeness (QED) is 0.695. The highest BCUT2D eigenvalue weighted by Gasteiger charge is 2.29. The summed E-state index contributed by atoms with van der Waals surface area (Å²) < 4.78 is 4.93. The molecule has 6 heteroatoms. The van der Waals surface area contributed by atoms with Crippen molar-refractivity contribution >= 4 is 23.4 Å². The Labute approximate surface area is 154 Å². The van der Waals surface area contributed by atoms with E-state index in [-0.39, 0.29) is 23.7 Å². The van der Waals surface area contributed by atoms with Gasteiger partial charge in [0.25, 0.3) is 0 Å². The largest absolute Gasteiger partial charge is 0.383 e. The first-order valence-electron chi connectivity index (χ1n) is 8.89. The zero-order valence-corrected chi connectivity index (χ0v) is 15.5. The van der Waals surface area contributed by atoms with Crippen molar-refractivity contribution in [1.29, 1.82) is 0 Å². The predicted molar refractivity (Wildman–Crippen MR) is 98.5 cm³/mol. The number of amides is 2. The van der Waals surface area contributed by atoms with Crippen LogP contribution < -0.4 is 10.6 Å². The molecule has 2 amide bonds. The normalized spacial score (nSPS) is 20.1. The number of nitrogens with one attached hydrogen (secondary N) is 2. The van der Waals surface area contributed by atoms with Crippen LogP contribution in [0, 0.1) is 11.8 Å². The van der Waals surface area contributed by atoms with E-state index in [1.807, 2.05) is 24.3 Å².